The molecule has 3 heterocycles. The lowest BCUT2D eigenvalue weighted by atomic mass is 9.91. The molecule has 0 bridgehead atoms. The van der Waals surface area contributed by atoms with E-state index in [1.54, 1.807) is 6.07 Å². The zero-order chi connectivity index (χ0) is 26.4. The van der Waals surface area contributed by atoms with Gasteiger partial charge in [-0.05, 0) is 72.5 Å². The molecular formula is C29H29ClN4O5. The molecule has 202 valence electrons. The number of phenols is 1. The van der Waals surface area contributed by atoms with Crippen molar-refractivity contribution < 1.29 is 19.6 Å². The molecule has 9 nitrogen and oxygen atoms in total. The smallest absolute Gasteiger partial charge is 0.315 e. The van der Waals surface area contributed by atoms with Crippen LogP contribution in [-0.4, -0.2) is 46.0 Å². The van der Waals surface area contributed by atoms with E-state index in [4.69, 9.17) is 4.74 Å². The number of amides is 1. The van der Waals surface area contributed by atoms with Gasteiger partial charge in [0.05, 0.1) is 17.6 Å². The van der Waals surface area contributed by atoms with Gasteiger partial charge in [-0.3, -0.25) is 19.8 Å². The number of ether oxygens (including phenoxy) is 1. The lowest BCUT2D eigenvalue weighted by Gasteiger charge is -2.26. The highest BCUT2D eigenvalue weighted by atomic mass is 35.5. The molecule has 0 unspecified atom stereocenters. The number of hydrogen-bond acceptors (Lipinski definition) is 6. The van der Waals surface area contributed by atoms with Gasteiger partial charge >= 0.3 is 5.69 Å². The van der Waals surface area contributed by atoms with E-state index >= 15 is 0 Å². The molecule has 39 heavy (non-hydrogen) atoms. The summed E-state index contributed by atoms with van der Waals surface area (Å²) in [5.74, 6) is -0.719. The Bertz CT molecular complexity index is 1590. The number of aromatic hydroxyl groups is 1. The Morgan fingerprint density at radius 3 is 2.56 bits per heavy atom. The minimum atomic E-state index is -0.649. The van der Waals surface area contributed by atoms with Gasteiger partial charge in [0.1, 0.15) is 0 Å². The fourth-order valence-electron chi connectivity index (χ4n) is 5.69. The highest BCUT2D eigenvalue weighted by molar-refractivity contribution is 6.07. The molecule has 3 N–H and O–H groups in total. The first-order chi connectivity index (χ1) is 18.4. The van der Waals surface area contributed by atoms with Crippen LogP contribution < -0.4 is 10.1 Å². The predicted molar refractivity (Wildman–Crippen MR) is 152 cm³/mol. The van der Waals surface area contributed by atoms with Gasteiger partial charge in [-0.25, -0.2) is 0 Å². The second-order valence-electron chi connectivity index (χ2n) is 9.94. The molecule has 6 rings (SSSR count). The second kappa shape index (κ2) is 10.6. The van der Waals surface area contributed by atoms with E-state index in [9.17, 15) is 20.0 Å². The molecule has 1 fully saturated rings. The molecule has 10 heteroatoms. The number of likely N-dealkylation sites (tertiary alicyclic amines) is 1. The number of carbonyl (C=O) groups excluding carboxylic acids is 1. The third-order valence-electron chi connectivity index (χ3n) is 7.58. The van der Waals surface area contributed by atoms with E-state index in [1.165, 1.54) is 38.0 Å². The van der Waals surface area contributed by atoms with Crippen molar-refractivity contribution >= 4 is 34.9 Å². The van der Waals surface area contributed by atoms with Crippen LogP contribution in [0.3, 0.4) is 0 Å². The van der Waals surface area contributed by atoms with Crippen LogP contribution in [0.2, 0.25) is 0 Å². The Labute approximate surface area is 231 Å². The molecule has 2 aliphatic heterocycles. The molecular weight excluding hydrogens is 520 g/mol. The average Bonchev–Trinajstić information content (AvgIpc) is 3.52. The van der Waals surface area contributed by atoms with Crippen molar-refractivity contribution in [1.82, 2.24) is 15.2 Å². The number of H-pyrrole nitrogens is 1. The van der Waals surface area contributed by atoms with Crippen LogP contribution in [-0.2, 0) is 13.1 Å². The van der Waals surface area contributed by atoms with Crippen molar-refractivity contribution in [3.05, 3.63) is 75.3 Å². The van der Waals surface area contributed by atoms with Gasteiger partial charge in [0.2, 0.25) is 5.75 Å². The zero-order valence-corrected chi connectivity index (χ0v) is 22.3. The van der Waals surface area contributed by atoms with Crippen molar-refractivity contribution in [1.29, 1.82) is 0 Å². The van der Waals surface area contributed by atoms with Crippen LogP contribution in [0.1, 0.15) is 40.7 Å². The summed E-state index contributed by atoms with van der Waals surface area (Å²) in [4.78, 5) is 29.8. The molecule has 1 saturated heterocycles. The van der Waals surface area contributed by atoms with E-state index in [0.717, 1.165) is 47.4 Å². The SMILES string of the molecule is COc1cc(-c2ccc(-c3cc4cc(CN5CCCCC5)ccc4[nH]3)c3c2CNC3=O)cc([N+](=O)[O-])c1O.Cl. The third-order valence-corrected chi connectivity index (χ3v) is 7.58. The van der Waals surface area contributed by atoms with Gasteiger partial charge < -0.3 is 20.1 Å². The van der Waals surface area contributed by atoms with Crippen LogP contribution in [0.15, 0.2) is 48.5 Å². The quantitative estimate of drug-likeness (QED) is 0.208. The Morgan fingerprint density at radius 1 is 1.05 bits per heavy atom. The summed E-state index contributed by atoms with van der Waals surface area (Å²) in [5.41, 5.74) is 5.87. The number of phenolic OH excluding ortho intramolecular Hbond substituents is 1. The minimum Gasteiger partial charge on any atom is -0.500 e. The maximum Gasteiger partial charge on any atom is 0.315 e. The molecule has 0 atom stereocenters. The normalized spacial score (nSPS) is 15.1. The summed E-state index contributed by atoms with van der Waals surface area (Å²) in [5, 5.41) is 25.7. The standard InChI is InChI=1S/C29H28N4O5.ClH/c1-38-26-14-18(13-25(28(26)34)33(36)37)20-6-7-21(27-22(20)15-30-29(27)35)24-12-19-11-17(5-8-23(19)31-24)16-32-9-3-2-4-10-32;/h5-8,11-14,31,34H,2-4,9-10,15-16H2,1H3,(H,30,35);1H. The van der Waals surface area contributed by atoms with E-state index in [2.05, 4.69) is 39.5 Å². The molecule has 0 saturated carbocycles. The maximum absolute atomic E-state index is 13.0. The zero-order valence-electron chi connectivity index (χ0n) is 21.5. The summed E-state index contributed by atoms with van der Waals surface area (Å²) < 4.78 is 5.18. The number of nitro groups is 1. The summed E-state index contributed by atoms with van der Waals surface area (Å²) >= 11 is 0. The van der Waals surface area contributed by atoms with E-state index in [1.807, 2.05) is 12.1 Å². The number of fused-ring (bicyclic) bond motifs is 2. The molecule has 3 aromatic carbocycles. The summed E-state index contributed by atoms with van der Waals surface area (Å²) in [6, 6.07) is 15.1. The van der Waals surface area contributed by atoms with Gasteiger partial charge in [0.25, 0.3) is 5.91 Å². The molecule has 4 aromatic rings. The summed E-state index contributed by atoms with van der Waals surface area (Å²) in [6.07, 6.45) is 3.82. The number of piperidine rings is 1. The Hall–Kier alpha value is -4.08. The number of aromatic amines is 1. The lowest BCUT2D eigenvalue weighted by molar-refractivity contribution is -0.385. The van der Waals surface area contributed by atoms with E-state index < -0.39 is 16.4 Å². The van der Waals surface area contributed by atoms with Gasteiger partial charge in [0.15, 0.2) is 5.75 Å². The van der Waals surface area contributed by atoms with Gasteiger partial charge in [-0.15, -0.1) is 12.4 Å². The van der Waals surface area contributed by atoms with Gasteiger partial charge in [0, 0.05) is 41.3 Å². The van der Waals surface area contributed by atoms with Crippen LogP contribution in [0.25, 0.3) is 33.3 Å². The average molecular weight is 549 g/mol. The van der Waals surface area contributed by atoms with Crippen LogP contribution in [0.5, 0.6) is 11.5 Å². The number of benzene rings is 3. The second-order valence-corrected chi connectivity index (χ2v) is 9.94. The van der Waals surface area contributed by atoms with Crippen LogP contribution >= 0.6 is 12.4 Å². The maximum atomic E-state index is 13.0. The molecule has 1 aromatic heterocycles. The Balaban J connectivity index is 0.00000308. The Kier molecular flexibility index (Phi) is 7.20. The number of nitrogens with one attached hydrogen (secondary N) is 2. The number of carbonyl (C=O) groups is 1. The molecule has 2 aliphatic rings. The first-order valence-electron chi connectivity index (χ1n) is 12.8. The minimum absolute atomic E-state index is 0. The van der Waals surface area contributed by atoms with Crippen LogP contribution in [0.4, 0.5) is 5.69 Å². The monoisotopic (exact) mass is 548 g/mol. The fourth-order valence-corrected chi connectivity index (χ4v) is 5.69. The number of nitrogens with zero attached hydrogens (tertiary/aromatic N) is 2. The highest BCUT2D eigenvalue weighted by Gasteiger charge is 2.29. The van der Waals surface area contributed by atoms with E-state index in [-0.39, 0.29) is 24.1 Å². The third kappa shape index (κ3) is 4.79. The van der Waals surface area contributed by atoms with Crippen molar-refractivity contribution in [2.75, 3.05) is 20.2 Å². The first kappa shape index (κ1) is 26.5. The fraction of sp³-hybridized carbons (Fsp3) is 0.276. The number of hydrogen-bond donors (Lipinski definition) is 3. The number of nitro benzene ring substituents is 1. The topological polar surface area (TPSA) is 121 Å². The van der Waals surface area contributed by atoms with Crippen molar-refractivity contribution in [3.8, 4) is 33.9 Å². The number of aromatic nitrogens is 1. The van der Waals surface area contributed by atoms with Gasteiger partial charge in [-0.1, -0.05) is 24.6 Å². The number of halogens is 1. The van der Waals surface area contributed by atoms with Crippen molar-refractivity contribution in [3.63, 3.8) is 0 Å². The molecule has 0 spiro atoms. The summed E-state index contributed by atoms with van der Waals surface area (Å²) in [7, 11) is 1.34. The van der Waals surface area contributed by atoms with Crippen molar-refractivity contribution in [2.45, 2.75) is 32.4 Å². The molecule has 0 aliphatic carbocycles. The number of rotatable bonds is 6. The van der Waals surface area contributed by atoms with E-state index in [0.29, 0.717) is 23.2 Å². The number of methoxy groups -OCH3 is 1. The van der Waals surface area contributed by atoms with Crippen molar-refractivity contribution in [2.24, 2.45) is 0 Å². The van der Waals surface area contributed by atoms with Gasteiger partial charge in [-0.2, -0.15) is 0 Å². The van der Waals surface area contributed by atoms with Crippen LogP contribution in [0, 0.1) is 10.1 Å². The largest absolute Gasteiger partial charge is 0.500 e. The predicted octanol–water partition coefficient (Wildman–Crippen LogP) is 5.78. The highest BCUT2D eigenvalue weighted by Crippen LogP contribution is 2.43. The molecule has 1 amide bonds. The first-order valence-corrected chi connectivity index (χ1v) is 12.8. The molecule has 0 radical (unpaired) electrons. The lowest BCUT2D eigenvalue weighted by Crippen LogP contribution is -2.28. The summed E-state index contributed by atoms with van der Waals surface area (Å²) in [6.45, 7) is 3.51. The Morgan fingerprint density at radius 2 is 1.82 bits per heavy atom.